The van der Waals surface area contributed by atoms with Crippen molar-refractivity contribution in [2.75, 3.05) is 6.54 Å². The van der Waals surface area contributed by atoms with E-state index in [-0.39, 0.29) is 19.3 Å². The van der Waals surface area contributed by atoms with E-state index in [4.69, 9.17) is 16.6 Å². The predicted molar refractivity (Wildman–Crippen MR) is 130 cm³/mol. The minimum absolute atomic E-state index is 0.0299. The van der Waals surface area contributed by atoms with Crippen molar-refractivity contribution >= 4 is 46.5 Å². The van der Waals surface area contributed by atoms with Crippen molar-refractivity contribution in [1.29, 1.82) is 0 Å². The maximum Gasteiger partial charge on any atom is 0.326 e. The molecule has 3 atom stereocenters. The topological polar surface area (TPSA) is 247 Å². The average molecular weight is 519 g/mol. The first-order valence-electron chi connectivity index (χ1n) is 11.4. The van der Waals surface area contributed by atoms with Gasteiger partial charge in [0.1, 0.15) is 18.1 Å². The fourth-order valence-corrected chi connectivity index (χ4v) is 3.61. The van der Waals surface area contributed by atoms with Gasteiger partial charge in [0, 0.05) is 36.4 Å². The van der Waals surface area contributed by atoms with Crippen LogP contribution in [0.3, 0.4) is 0 Å². The molecule has 0 spiro atoms. The van der Waals surface area contributed by atoms with Gasteiger partial charge in [-0.3, -0.25) is 24.0 Å². The lowest BCUT2D eigenvalue weighted by atomic mass is 10.0. The Morgan fingerprint density at radius 1 is 0.865 bits per heavy atom. The van der Waals surface area contributed by atoms with E-state index in [0.717, 1.165) is 10.9 Å². The Kier molecular flexibility index (Phi) is 10.6. The van der Waals surface area contributed by atoms with E-state index < -0.39 is 73.1 Å². The maximum absolute atomic E-state index is 13.2. The number of rotatable bonds is 15. The molecule has 10 N–H and O–H groups in total. The fourth-order valence-electron chi connectivity index (χ4n) is 3.61. The molecule has 1 aromatic heterocycles. The molecular weight excluding hydrogens is 488 g/mol. The number of aliphatic carboxylic acids is 2. The number of para-hydroxylation sites is 1. The number of fused-ring (bicyclic) bond motifs is 1. The van der Waals surface area contributed by atoms with Crippen LogP contribution in [0.15, 0.2) is 30.5 Å². The molecule has 0 aliphatic carbocycles. The summed E-state index contributed by atoms with van der Waals surface area (Å²) in [6.45, 7) is -0.396. The minimum atomic E-state index is -1.55. The molecule has 14 heteroatoms. The second kappa shape index (κ2) is 13.6. The Bertz CT molecular complexity index is 1160. The van der Waals surface area contributed by atoms with Gasteiger partial charge in [-0.25, -0.2) is 4.79 Å². The summed E-state index contributed by atoms with van der Waals surface area (Å²) in [5.41, 5.74) is 12.1. The number of carbonyl (C=O) groups is 6. The number of nitrogens with one attached hydrogen (secondary N) is 4. The van der Waals surface area contributed by atoms with Crippen molar-refractivity contribution in [3.63, 3.8) is 0 Å². The summed E-state index contributed by atoms with van der Waals surface area (Å²) in [6.07, 6.45) is 0.213. The number of nitrogens with two attached hydrogens (primary N) is 2. The van der Waals surface area contributed by atoms with Crippen molar-refractivity contribution in [1.82, 2.24) is 20.9 Å². The average Bonchev–Trinajstić information content (AvgIpc) is 3.25. The summed E-state index contributed by atoms with van der Waals surface area (Å²) in [4.78, 5) is 74.7. The highest BCUT2D eigenvalue weighted by Crippen LogP contribution is 2.19. The molecule has 0 fully saturated rings. The molecule has 1 heterocycles. The second-order valence-electron chi connectivity index (χ2n) is 8.29. The number of benzene rings is 1. The van der Waals surface area contributed by atoms with Crippen LogP contribution >= 0.6 is 0 Å². The van der Waals surface area contributed by atoms with E-state index in [9.17, 15) is 33.9 Å². The van der Waals surface area contributed by atoms with Crippen LogP contribution in [-0.4, -0.2) is 75.4 Å². The van der Waals surface area contributed by atoms with Crippen LogP contribution in [0.5, 0.6) is 0 Å². The fraction of sp³-hybridized carbons (Fsp3) is 0.391. The van der Waals surface area contributed by atoms with E-state index >= 15 is 0 Å². The summed E-state index contributed by atoms with van der Waals surface area (Å²) in [7, 11) is 0. The summed E-state index contributed by atoms with van der Waals surface area (Å²) in [6, 6.07) is 3.18. The van der Waals surface area contributed by atoms with Crippen molar-refractivity contribution in [2.24, 2.45) is 11.5 Å². The van der Waals surface area contributed by atoms with Crippen molar-refractivity contribution in [3.05, 3.63) is 36.0 Å². The smallest absolute Gasteiger partial charge is 0.326 e. The third kappa shape index (κ3) is 8.92. The molecule has 4 amide bonds. The molecule has 1 aromatic carbocycles. The van der Waals surface area contributed by atoms with Gasteiger partial charge in [0.2, 0.25) is 23.6 Å². The first-order chi connectivity index (χ1) is 17.5. The zero-order valence-electron chi connectivity index (χ0n) is 19.9. The summed E-state index contributed by atoms with van der Waals surface area (Å²) >= 11 is 0. The molecule has 3 unspecified atom stereocenters. The van der Waals surface area contributed by atoms with Crippen molar-refractivity contribution < 1.29 is 39.0 Å². The van der Waals surface area contributed by atoms with Crippen LogP contribution in [0.1, 0.15) is 31.2 Å². The van der Waals surface area contributed by atoms with Gasteiger partial charge in [0.25, 0.3) is 0 Å². The number of aromatic nitrogens is 1. The zero-order valence-corrected chi connectivity index (χ0v) is 19.9. The Hall–Kier alpha value is -4.46. The predicted octanol–water partition coefficient (Wildman–Crippen LogP) is -1.66. The molecule has 200 valence electrons. The number of carboxylic acid groups (broad SMARTS) is 2. The monoisotopic (exact) mass is 518 g/mol. The molecule has 2 aromatic rings. The van der Waals surface area contributed by atoms with Gasteiger partial charge in [-0.1, -0.05) is 18.2 Å². The quantitative estimate of drug-likeness (QED) is 0.134. The second-order valence-corrected chi connectivity index (χ2v) is 8.29. The molecule has 0 saturated carbocycles. The van der Waals surface area contributed by atoms with Crippen molar-refractivity contribution in [2.45, 2.75) is 50.2 Å². The molecule has 0 radical (unpaired) electrons. The van der Waals surface area contributed by atoms with Crippen LogP contribution in [0.2, 0.25) is 0 Å². The van der Waals surface area contributed by atoms with Gasteiger partial charge in [-0.15, -0.1) is 0 Å². The molecule has 0 saturated heterocycles. The van der Waals surface area contributed by atoms with Gasteiger partial charge in [-0.2, -0.15) is 0 Å². The van der Waals surface area contributed by atoms with Gasteiger partial charge in [-0.05, 0) is 24.5 Å². The molecular formula is C23H30N6O8. The van der Waals surface area contributed by atoms with Gasteiger partial charge >= 0.3 is 11.9 Å². The molecule has 37 heavy (non-hydrogen) atoms. The Labute approximate surface area is 211 Å². The lowest BCUT2D eigenvalue weighted by Crippen LogP contribution is -2.56. The number of primary amides is 1. The molecule has 2 rings (SSSR count). The van der Waals surface area contributed by atoms with E-state index in [2.05, 4.69) is 20.9 Å². The maximum atomic E-state index is 13.2. The SMILES string of the molecule is NCC(=O)NC(Cc1c[nH]c2ccccc12)C(=O)NC(CCC(N)=O)C(=O)NC(CCC(=O)O)C(=O)O. The van der Waals surface area contributed by atoms with Crippen LogP contribution in [-0.2, 0) is 35.2 Å². The Morgan fingerprint density at radius 2 is 1.49 bits per heavy atom. The highest BCUT2D eigenvalue weighted by atomic mass is 16.4. The van der Waals surface area contributed by atoms with Gasteiger partial charge < -0.3 is 42.6 Å². The largest absolute Gasteiger partial charge is 0.481 e. The number of carbonyl (C=O) groups excluding carboxylic acids is 4. The molecule has 0 aliphatic rings. The van der Waals surface area contributed by atoms with Crippen LogP contribution < -0.4 is 27.4 Å². The van der Waals surface area contributed by atoms with Gasteiger partial charge in [0.15, 0.2) is 0 Å². The standard InChI is InChI=1S/C23H30N6O8/c24-10-19(31)27-17(9-12-11-26-14-4-2-1-3-13(12)14)22(35)28-15(5-7-18(25)30)21(34)29-16(23(36)37)6-8-20(32)33/h1-4,11,15-17,26H,5-10,24H2,(H2,25,30)(H,27,31)(H,28,35)(H,29,34)(H,32,33)(H,36,37). The first-order valence-corrected chi connectivity index (χ1v) is 11.4. The van der Waals surface area contributed by atoms with Crippen LogP contribution in [0.4, 0.5) is 0 Å². The van der Waals surface area contributed by atoms with Gasteiger partial charge in [0.05, 0.1) is 6.54 Å². The highest BCUT2D eigenvalue weighted by Gasteiger charge is 2.30. The van der Waals surface area contributed by atoms with Crippen LogP contribution in [0.25, 0.3) is 10.9 Å². The van der Waals surface area contributed by atoms with Crippen molar-refractivity contribution in [3.8, 4) is 0 Å². The number of hydrogen-bond donors (Lipinski definition) is 8. The highest BCUT2D eigenvalue weighted by molar-refractivity contribution is 5.94. The van der Waals surface area contributed by atoms with E-state index in [0.29, 0.717) is 5.56 Å². The summed E-state index contributed by atoms with van der Waals surface area (Å²) < 4.78 is 0. The Balaban J connectivity index is 2.24. The lowest BCUT2D eigenvalue weighted by Gasteiger charge is -2.24. The third-order valence-corrected chi connectivity index (χ3v) is 5.51. The normalized spacial score (nSPS) is 13.2. The Morgan fingerprint density at radius 3 is 2.11 bits per heavy atom. The summed E-state index contributed by atoms with van der Waals surface area (Å²) in [5.74, 6) is -5.86. The number of carboxylic acids is 2. The lowest BCUT2D eigenvalue weighted by molar-refractivity contribution is -0.143. The molecule has 0 bridgehead atoms. The first kappa shape index (κ1) is 28.8. The van der Waals surface area contributed by atoms with E-state index in [1.165, 1.54) is 0 Å². The minimum Gasteiger partial charge on any atom is -0.481 e. The van der Waals surface area contributed by atoms with E-state index in [1.54, 1.807) is 12.3 Å². The molecule has 0 aliphatic heterocycles. The van der Waals surface area contributed by atoms with Crippen LogP contribution in [0, 0.1) is 0 Å². The zero-order chi connectivity index (χ0) is 27.5. The summed E-state index contributed by atoms with van der Waals surface area (Å²) in [5, 5.41) is 26.1. The number of H-pyrrole nitrogens is 1. The third-order valence-electron chi connectivity index (χ3n) is 5.51. The number of amides is 4. The van der Waals surface area contributed by atoms with E-state index in [1.807, 2.05) is 18.2 Å². The molecule has 14 nitrogen and oxygen atoms in total. The number of aromatic amines is 1. The number of hydrogen-bond acceptors (Lipinski definition) is 7.